The van der Waals surface area contributed by atoms with Gasteiger partial charge in [0.15, 0.2) is 6.29 Å². The van der Waals surface area contributed by atoms with E-state index in [0.29, 0.717) is 12.0 Å². The third kappa shape index (κ3) is 1.45. The summed E-state index contributed by atoms with van der Waals surface area (Å²) in [5.41, 5.74) is 0.586. The number of aryl methyl sites for hydroxylation is 1. The summed E-state index contributed by atoms with van der Waals surface area (Å²) in [6, 6.07) is 1.20. The molecule has 0 aliphatic heterocycles. The molecule has 62 valence electrons. The summed E-state index contributed by atoms with van der Waals surface area (Å²) in [5.74, 6) is 0. The van der Waals surface area contributed by atoms with Crippen molar-refractivity contribution in [3.8, 4) is 0 Å². The van der Waals surface area contributed by atoms with Gasteiger partial charge in [0, 0.05) is 17.3 Å². The highest BCUT2D eigenvalue weighted by Gasteiger charge is 2.08. The monoisotopic (exact) mass is 166 g/mol. The van der Waals surface area contributed by atoms with E-state index >= 15 is 0 Å². The van der Waals surface area contributed by atoms with Crippen molar-refractivity contribution < 1.29 is 9.72 Å². The average molecular weight is 166 g/mol. The first kappa shape index (κ1) is 8.32. The molecule has 0 fully saturated rings. The van der Waals surface area contributed by atoms with Gasteiger partial charge in [0.2, 0.25) is 0 Å². The van der Waals surface area contributed by atoms with Crippen LogP contribution in [-0.4, -0.2) is 16.2 Å². The third-order valence-corrected chi connectivity index (χ3v) is 1.45. The molecule has 0 amide bonds. The Morgan fingerprint density at radius 3 is 2.83 bits per heavy atom. The molecule has 1 aromatic rings. The fourth-order valence-corrected chi connectivity index (χ4v) is 0.758. The van der Waals surface area contributed by atoms with E-state index in [1.165, 1.54) is 6.07 Å². The predicted molar refractivity (Wildman–Crippen MR) is 41.0 cm³/mol. The summed E-state index contributed by atoms with van der Waals surface area (Å²) in [5, 5.41) is 10.2. The first-order valence-electron chi connectivity index (χ1n) is 3.21. The van der Waals surface area contributed by atoms with Gasteiger partial charge in [-0.2, -0.15) is 0 Å². The molecule has 0 aliphatic rings. The van der Waals surface area contributed by atoms with Crippen molar-refractivity contribution in [2.24, 2.45) is 0 Å². The first-order chi connectivity index (χ1) is 5.65. The molecule has 0 radical (unpaired) electrons. The van der Waals surface area contributed by atoms with Crippen LogP contribution in [0.5, 0.6) is 0 Å². The lowest BCUT2D eigenvalue weighted by molar-refractivity contribution is -0.385. The van der Waals surface area contributed by atoms with Gasteiger partial charge in [-0.1, -0.05) is 0 Å². The maximum atomic E-state index is 10.3. The Labute approximate surface area is 68.2 Å². The number of hydrogen-bond donors (Lipinski definition) is 0. The molecule has 0 N–H and O–H groups in total. The van der Waals surface area contributed by atoms with E-state index in [2.05, 4.69) is 4.98 Å². The predicted octanol–water partition coefficient (Wildman–Crippen LogP) is 1.11. The molecule has 0 aromatic carbocycles. The third-order valence-electron chi connectivity index (χ3n) is 1.45. The van der Waals surface area contributed by atoms with Gasteiger partial charge >= 0.3 is 0 Å². The van der Waals surface area contributed by atoms with Crippen molar-refractivity contribution >= 4 is 12.0 Å². The Kier molecular flexibility index (Phi) is 2.14. The Morgan fingerprint density at radius 1 is 1.67 bits per heavy atom. The molecule has 5 heteroatoms. The molecule has 0 unspecified atom stereocenters. The summed E-state index contributed by atoms with van der Waals surface area (Å²) < 4.78 is 0. The Bertz CT molecular complexity index is 335. The van der Waals surface area contributed by atoms with Crippen LogP contribution < -0.4 is 0 Å². The molecular weight excluding hydrogens is 160 g/mol. The van der Waals surface area contributed by atoms with Crippen molar-refractivity contribution in [1.29, 1.82) is 0 Å². The minimum atomic E-state index is -0.584. The number of aromatic nitrogens is 1. The van der Waals surface area contributed by atoms with Crippen molar-refractivity contribution in [2.45, 2.75) is 6.92 Å². The van der Waals surface area contributed by atoms with E-state index in [1.54, 1.807) is 6.92 Å². The maximum absolute atomic E-state index is 10.3. The van der Waals surface area contributed by atoms with Crippen molar-refractivity contribution in [3.63, 3.8) is 0 Å². The molecule has 0 atom stereocenters. The zero-order valence-corrected chi connectivity index (χ0v) is 6.35. The number of rotatable bonds is 2. The molecule has 0 aliphatic carbocycles. The number of nitrogens with zero attached hydrogens (tertiary/aromatic N) is 2. The fourth-order valence-electron chi connectivity index (χ4n) is 0.758. The van der Waals surface area contributed by atoms with E-state index in [9.17, 15) is 14.9 Å². The second-order valence-electron chi connectivity index (χ2n) is 2.24. The lowest BCUT2D eigenvalue weighted by atomic mass is 10.2. The van der Waals surface area contributed by atoms with Gasteiger partial charge in [0.25, 0.3) is 5.69 Å². The molecule has 0 saturated heterocycles. The van der Waals surface area contributed by atoms with Gasteiger partial charge in [-0.05, 0) is 6.92 Å². The van der Waals surface area contributed by atoms with Crippen LogP contribution in [0.25, 0.3) is 0 Å². The highest BCUT2D eigenvalue weighted by molar-refractivity contribution is 5.77. The van der Waals surface area contributed by atoms with Gasteiger partial charge < -0.3 is 0 Å². The Hall–Kier alpha value is -1.78. The zero-order chi connectivity index (χ0) is 9.14. The van der Waals surface area contributed by atoms with E-state index in [-0.39, 0.29) is 11.3 Å². The smallest absolute Gasteiger partial charge is 0.288 e. The topological polar surface area (TPSA) is 73.1 Å². The van der Waals surface area contributed by atoms with Gasteiger partial charge in [-0.3, -0.25) is 19.9 Å². The number of aldehydes is 1. The number of hydrogen-bond acceptors (Lipinski definition) is 4. The van der Waals surface area contributed by atoms with Gasteiger partial charge in [0.1, 0.15) is 6.20 Å². The van der Waals surface area contributed by atoms with Gasteiger partial charge in [-0.15, -0.1) is 0 Å². The fraction of sp³-hybridized carbons (Fsp3) is 0.143. The second kappa shape index (κ2) is 3.08. The van der Waals surface area contributed by atoms with Crippen molar-refractivity contribution in [3.05, 3.63) is 33.6 Å². The molecule has 0 saturated carbocycles. The van der Waals surface area contributed by atoms with Crippen LogP contribution in [0.15, 0.2) is 12.3 Å². The zero-order valence-electron chi connectivity index (χ0n) is 6.35. The molecule has 0 bridgehead atoms. The van der Waals surface area contributed by atoms with Crippen LogP contribution >= 0.6 is 0 Å². The van der Waals surface area contributed by atoms with Crippen LogP contribution in [-0.2, 0) is 0 Å². The average Bonchev–Trinajstić information content (AvgIpc) is 2.05. The molecular formula is C7H6N2O3. The van der Waals surface area contributed by atoms with Gasteiger partial charge in [0.05, 0.1) is 4.92 Å². The van der Waals surface area contributed by atoms with Crippen LogP contribution in [0.2, 0.25) is 0 Å². The molecule has 1 rings (SSSR count). The largest absolute Gasteiger partial charge is 0.298 e. The van der Waals surface area contributed by atoms with Crippen LogP contribution in [0, 0.1) is 17.0 Å². The van der Waals surface area contributed by atoms with Crippen molar-refractivity contribution in [2.75, 3.05) is 0 Å². The molecule has 0 spiro atoms. The van der Waals surface area contributed by atoms with Gasteiger partial charge in [-0.25, -0.2) is 0 Å². The number of carbonyl (C=O) groups excluding carboxylic acids is 1. The van der Waals surface area contributed by atoms with E-state index in [4.69, 9.17) is 0 Å². The Morgan fingerprint density at radius 2 is 2.33 bits per heavy atom. The molecule has 12 heavy (non-hydrogen) atoms. The lowest BCUT2D eigenvalue weighted by Crippen LogP contribution is -1.95. The number of nitro groups is 1. The van der Waals surface area contributed by atoms with Crippen LogP contribution in [0.3, 0.4) is 0 Å². The van der Waals surface area contributed by atoms with Crippen molar-refractivity contribution in [1.82, 2.24) is 4.98 Å². The van der Waals surface area contributed by atoms with Crippen LogP contribution in [0.1, 0.15) is 16.1 Å². The van der Waals surface area contributed by atoms with E-state index in [0.717, 1.165) is 6.20 Å². The Balaban J connectivity index is 3.22. The second-order valence-corrected chi connectivity index (χ2v) is 2.24. The summed E-state index contributed by atoms with van der Waals surface area (Å²) in [6.45, 7) is 1.62. The summed E-state index contributed by atoms with van der Waals surface area (Å²) in [7, 11) is 0. The normalized spacial score (nSPS) is 9.42. The summed E-state index contributed by atoms with van der Waals surface area (Å²) in [4.78, 5) is 23.7. The summed E-state index contributed by atoms with van der Waals surface area (Å²) in [6.07, 6.45) is 1.68. The minimum absolute atomic E-state index is 0.164. The van der Waals surface area contributed by atoms with E-state index in [1.807, 2.05) is 0 Å². The highest BCUT2D eigenvalue weighted by atomic mass is 16.6. The number of pyridine rings is 1. The lowest BCUT2D eigenvalue weighted by Gasteiger charge is -1.95. The maximum Gasteiger partial charge on any atom is 0.288 e. The standard InChI is InChI=1S/C7H6N2O3/c1-5-6(4-10)2-7(3-8-5)9(11)12/h2-4H,1H3. The minimum Gasteiger partial charge on any atom is -0.298 e. The summed E-state index contributed by atoms with van der Waals surface area (Å²) >= 11 is 0. The molecule has 1 aromatic heterocycles. The molecule has 1 heterocycles. The highest BCUT2D eigenvalue weighted by Crippen LogP contribution is 2.12. The SMILES string of the molecule is Cc1ncc([N+](=O)[O-])cc1C=O. The van der Waals surface area contributed by atoms with E-state index < -0.39 is 4.92 Å². The van der Waals surface area contributed by atoms with Crippen LogP contribution in [0.4, 0.5) is 5.69 Å². The first-order valence-corrected chi connectivity index (χ1v) is 3.21. The quantitative estimate of drug-likeness (QED) is 0.374. The number of carbonyl (C=O) groups is 1. The molecule has 5 nitrogen and oxygen atoms in total.